The quantitative estimate of drug-likeness (QED) is 0.803. The number of carbonyl (C=O) groups is 2. The summed E-state index contributed by atoms with van der Waals surface area (Å²) in [5.41, 5.74) is 1.11. The first-order chi connectivity index (χ1) is 12.2. The number of aliphatic carboxylic acids is 1. The van der Waals surface area contributed by atoms with Gasteiger partial charge in [-0.2, -0.15) is 0 Å². The monoisotopic (exact) mass is 375 g/mol. The van der Waals surface area contributed by atoms with Crippen LogP contribution in [0.1, 0.15) is 19.4 Å². The van der Waals surface area contributed by atoms with E-state index >= 15 is 0 Å². The number of amides is 1. The van der Waals surface area contributed by atoms with Crippen LogP contribution in [0.2, 0.25) is 0 Å². The summed E-state index contributed by atoms with van der Waals surface area (Å²) >= 11 is 0. The van der Waals surface area contributed by atoms with E-state index in [1.165, 1.54) is 17.0 Å². The second kappa shape index (κ2) is 8.14. The average molecular weight is 375 g/mol. The maximum Gasteiger partial charge on any atom is 0.323 e. The second-order valence-electron chi connectivity index (χ2n) is 6.12. The lowest BCUT2D eigenvalue weighted by Gasteiger charge is -2.21. The highest BCUT2D eigenvalue weighted by atomic mass is 32.2. The SMILES string of the molecule is CC(C)S(=O)(=O)c1ccc(CC(=O)N(CC(=O)O)c2ccccc2)cc1. The fourth-order valence-corrected chi connectivity index (χ4v) is 3.47. The molecule has 0 atom stereocenters. The van der Waals surface area contributed by atoms with Crippen LogP contribution in [-0.2, 0) is 25.8 Å². The smallest absolute Gasteiger partial charge is 0.323 e. The molecule has 0 aliphatic heterocycles. The highest BCUT2D eigenvalue weighted by Crippen LogP contribution is 2.18. The van der Waals surface area contributed by atoms with Gasteiger partial charge in [0.2, 0.25) is 5.91 Å². The minimum atomic E-state index is -3.37. The van der Waals surface area contributed by atoms with Crippen molar-refractivity contribution >= 4 is 27.4 Å². The molecule has 2 rings (SSSR count). The van der Waals surface area contributed by atoms with Gasteiger partial charge in [-0.25, -0.2) is 8.42 Å². The maximum atomic E-state index is 12.6. The van der Waals surface area contributed by atoms with E-state index in [4.69, 9.17) is 5.11 Å². The predicted octanol–water partition coefficient (Wildman–Crippen LogP) is 2.53. The van der Waals surface area contributed by atoms with Crippen LogP contribution < -0.4 is 4.90 Å². The fraction of sp³-hybridized carbons (Fsp3) is 0.263. The molecule has 138 valence electrons. The van der Waals surface area contributed by atoms with E-state index in [1.54, 1.807) is 56.3 Å². The Morgan fingerprint density at radius 3 is 2.08 bits per heavy atom. The zero-order valence-electron chi connectivity index (χ0n) is 14.6. The summed E-state index contributed by atoms with van der Waals surface area (Å²) in [5.74, 6) is -1.49. The molecule has 2 aromatic rings. The number of benzene rings is 2. The first-order valence-electron chi connectivity index (χ1n) is 8.12. The molecule has 0 spiro atoms. The Hall–Kier alpha value is -2.67. The van der Waals surface area contributed by atoms with Crippen molar-refractivity contribution in [1.29, 1.82) is 0 Å². The zero-order valence-corrected chi connectivity index (χ0v) is 15.4. The van der Waals surface area contributed by atoms with Crippen LogP contribution in [0.4, 0.5) is 5.69 Å². The van der Waals surface area contributed by atoms with E-state index in [1.807, 2.05) is 0 Å². The fourth-order valence-electron chi connectivity index (χ4n) is 2.41. The van der Waals surface area contributed by atoms with Crippen LogP contribution in [0.5, 0.6) is 0 Å². The van der Waals surface area contributed by atoms with Gasteiger partial charge >= 0.3 is 5.97 Å². The standard InChI is InChI=1S/C19H21NO5S/c1-14(2)26(24,25)17-10-8-15(9-11-17)12-18(21)20(13-19(22)23)16-6-4-3-5-7-16/h3-11,14H,12-13H2,1-2H3,(H,22,23). The van der Waals surface area contributed by atoms with Gasteiger partial charge in [0.1, 0.15) is 6.54 Å². The molecule has 0 fully saturated rings. The van der Waals surface area contributed by atoms with Crippen molar-refractivity contribution in [2.45, 2.75) is 30.4 Å². The molecule has 0 aliphatic rings. The third-order valence-electron chi connectivity index (χ3n) is 3.89. The molecule has 1 N–H and O–H groups in total. The van der Waals surface area contributed by atoms with Gasteiger partial charge in [-0.1, -0.05) is 30.3 Å². The van der Waals surface area contributed by atoms with Crippen molar-refractivity contribution in [3.05, 3.63) is 60.2 Å². The van der Waals surface area contributed by atoms with Crippen molar-refractivity contribution in [1.82, 2.24) is 0 Å². The molecule has 0 radical (unpaired) electrons. The Morgan fingerprint density at radius 1 is 1.00 bits per heavy atom. The lowest BCUT2D eigenvalue weighted by Crippen LogP contribution is -2.36. The topological polar surface area (TPSA) is 91.8 Å². The molecule has 1 amide bonds. The van der Waals surface area contributed by atoms with Gasteiger partial charge in [-0.05, 0) is 43.7 Å². The molecule has 0 bridgehead atoms. The Morgan fingerprint density at radius 2 is 1.58 bits per heavy atom. The molecular weight excluding hydrogens is 354 g/mol. The molecule has 2 aromatic carbocycles. The van der Waals surface area contributed by atoms with Gasteiger partial charge in [-0.15, -0.1) is 0 Å². The van der Waals surface area contributed by atoms with Gasteiger partial charge < -0.3 is 10.0 Å². The number of para-hydroxylation sites is 1. The van der Waals surface area contributed by atoms with Gasteiger partial charge in [0.25, 0.3) is 0 Å². The first-order valence-corrected chi connectivity index (χ1v) is 9.66. The molecule has 0 saturated carbocycles. The van der Waals surface area contributed by atoms with Crippen LogP contribution in [-0.4, -0.2) is 37.2 Å². The largest absolute Gasteiger partial charge is 0.480 e. The summed E-state index contributed by atoms with van der Waals surface area (Å²) < 4.78 is 24.3. The Labute approximate surface area is 153 Å². The van der Waals surface area contributed by atoms with Crippen molar-refractivity contribution in [2.75, 3.05) is 11.4 Å². The van der Waals surface area contributed by atoms with E-state index in [2.05, 4.69) is 0 Å². The van der Waals surface area contributed by atoms with Crippen LogP contribution in [0.3, 0.4) is 0 Å². The summed E-state index contributed by atoms with van der Waals surface area (Å²) in [6.07, 6.45) is -0.0236. The van der Waals surface area contributed by atoms with Crippen LogP contribution in [0.25, 0.3) is 0 Å². The molecule has 0 unspecified atom stereocenters. The Balaban J connectivity index is 2.20. The first kappa shape index (κ1) is 19.7. The molecule has 0 saturated heterocycles. The van der Waals surface area contributed by atoms with E-state index in [0.29, 0.717) is 11.3 Å². The summed E-state index contributed by atoms with van der Waals surface area (Å²) in [6, 6.07) is 14.7. The van der Waals surface area contributed by atoms with E-state index in [9.17, 15) is 18.0 Å². The van der Waals surface area contributed by atoms with Crippen molar-refractivity contribution < 1.29 is 23.1 Å². The highest BCUT2D eigenvalue weighted by Gasteiger charge is 2.21. The van der Waals surface area contributed by atoms with Crippen molar-refractivity contribution in [3.63, 3.8) is 0 Å². The number of sulfone groups is 1. The third-order valence-corrected chi connectivity index (χ3v) is 6.06. The Bertz CT molecular complexity index is 874. The molecule has 26 heavy (non-hydrogen) atoms. The number of hydrogen-bond acceptors (Lipinski definition) is 4. The van der Waals surface area contributed by atoms with E-state index < -0.39 is 27.6 Å². The zero-order chi connectivity index (χ0) is 19.3. The summed E-state index contributed by atoms with van der Waals surface area (Å²) in [4.78, 5) is 25.1. The lowest BCUT2D eigenvalue weighted by atomic mass is 10.1. The predicted molar refractivity (Wildman–Crippen MR) is 98.9 cm³/mol. The van der Waals surface area contributed by atoms with Gasteiger partial charge in [0.15, 0.2) is 9.84 Å². The molecule has 6 nitrogen and oxygen atoms in total. The number of anilines is 1. The second-order valence-corrected chi connectivity index (χ2v) is 8.63. The van der Waals surface area contributed by atoms with Crippen molar-refractivity contribution in [3.8, 4) is 0 Å². The van der Waals surface area contributed by atoms with Crippen molar-refractivity contribution in [2.24, 2.45) is 0 Å². The molecule has 7 heteroatoms. The van der Waals surface area contributed by atoms with Crippen LogP contribution in [0.15, 0.2) is 59.5 Å². The number of hydrogen-bond donors (Lipinski definition) is 1. The van der Waals surface area contributed by atoms with Gasteiger partial charge in [-0.3, -0.25) is 9.59 Å². The highest BCUT2D eigenvalue weighted by molar-refractivity contribution is 7.92. The molecule has 0 heterocycles. The van der Waals surface area contributed by atoms with Gasteiger partial charge in [0.05, 0.1) is 16.6 Å². The van der Waals surface area contributed by atoms with Gasteiger partial charge in [0, 0.05) is 5.69 Å². The number of carboxylic acids is 1. The lowest BCUT2D eigenvalue weighted by molar-refractivity contribution is -0.136. The Kier molecular flexibility index (Phi) is 6.15. The molecule has 0 aliphatic carbocycles. The number of nitrogens with zero attached hydrogens (tertiary/aromatic N) is 1. The molecular formula is C19H21NO5S. The average Bonchev–Trinajstić information content (AvgIpc) is 2.60. The normalized spacial score (nSPS) is 11.3. The summed E-state index contributed by atoms with van der Waals surface area (Å²) in [7, 11) is -3.37. The van der Waals surface area contributed by atoms with Crippen LogP contribution >= 0.6 is 0 Å². The number of carbonyl (C=O) groups excluding carboxylic acids is 1. The number of rotatable bonds is 7. The summed E-state index contributed by atoms with van der Waals surface area (Å²) in [5, 5.41) is 8.55. The van der Waals surface area contributed by atoms with E-state index in [0.717, 1.165) is 0 Å². The summed E-state index contributed by atoms with van der Waals surface area (Å²) in [6.45, 7) is 2.77. The minimum absolute atomic E-state index is 0.0236. The number of carboxylic acid groups (broad SMARTS) is 1. The third kappa shape index (κ3) is 4.70. The maximum absolute atomic E-state index is 12.6. The van der Waals surface area contributed by atoms with E-state index in [-0.39, 0.29) is 17.2 Å². The minimum Gasteiger partial charge on any atom is -0.480 e. The molecule has 0 aromatic heterocycles. The van der Waals surface area contributed by atoms with Crippen LogP contribution in [0, 0.1) is 0 Å².